The molecular formula is C12H15BrN2OS. The van der Waals surface area contributed by atoms with Crippen molar-refractivity contribution in [1.29, 1.82) is 0 Å². The molecule has 0 aliphatic rings. The van der Waals surface area contributed by atoms with Crippen LogP contribution < -0.4 is 0 Å². The Labute approximate surface area is 114 Å². The van der Waals surface area contributed by atoms with Gasteiger partial charge in [-0.3, -0.25) is 0 Å². The molecule has 1 atom stereocenters. The topological polar surface area (TPSA) is 29.9 Å². The van der Waals surface area contributed by atoms with Crippen LogP contribution in [-0.2, 0) is 11.3 Å². The maximum Gasteiger partial charge on any atom is 0.178 e. The third kappa shape index (κ3) is 2.78. The van der Waals surface area contributed by atoms with Crippen molar-refractivity contribution in [3.63, 3.8) is 0 Å². The average molecular weight is 315 g/mol. The van der Waals surface area contributed by atoms with Crippen molar-refractivity contribution < 1.29 is 4.74 Å². The summed E-state index contributed by atoms with van der Waals surface area (Å²) in [6, 6.07) is 6.15. The van der Waals surface area contributed by atoms with E-state index in [2.05, 4.69) is 38.5 Å². The van der Waals surface area contributed by atoms with Crippen LogP contribution in [0.15, 0.2) is 22.7 Å². The van der Waals surface area contributed by atoms with Crippen LogP contribution in [0.25, 0.3) is 11.0 Å². The predicted octanol–water partition coefficient (Wildman–Crippen LogP) is 3.74. The van der Waals surface area contributed by atoms with Crippen molar-refractivity contribution in [3.05, 3.63) is 27.4 Å². The molecule has 0 amide bonds. The van der Waals surface area contributed by atoms with Crippen molar-refractivity contribution in [2.45, 2.75) is 13.5 Å². The van der Waals surface area contributed by atoms with Gasteiger partial charge < -0.3 is 14.3 Å². The molecule has 0 saturated carbocycles. The Balaban J connectivity index is 2.40. The van der Waals surface area contributed by atoms with Crippen molar-refractivity contribution in [2.75, 3.05) is 13.7 Å². The van der Waals surface area contributed by atoms with E-state index < -0.39 is 0 Å². The number of aromatic amines is 1. The van der Waals surface area contributed by atoms with Crippen molar-refractivity contribution in [1.82, 2.24) is 9.55 Å². The normalized spacial score (nSPS) is 13.1. The molecule has 0 bridgehead atoms. The van der Waals surface area contributed by atoms with E-state index in [4.69, 9.17) is 17.0 Å². The number of halogens is 1. The Kier molecular flexibility index (Phi) is 4.01. The lowest BCUT2D eigenvalue weighted by Crippen LogP contribution is -2.12. The molecule has 1 aromatic heterocycles. The molecule has 17 heavy (non-hydrogen) atoms. The van der Waals surface area contributed by atoms with E-state index in [1.807, 2.05) is 12.1 Å². The number of hydrogen-bond acceptors (Lipinski definition) is 2. The van der Waals surface area contributed by atoms with Crippen LogP contribution in [0.4, 0.5) is 0 Å². The molecule has 5 heteroatoms. The smallest absolute Gasteiger partial charge is 0.178 e. The van der Waals surface area contributed by atoms with Crippen LogP contribution in [0.1, 0.15) is 6.92 Å². The Morgan fingerprint density at radius 3 is 3.00 bits per heavy atom. The number of aromatic nitrogens is 2. The summed E-state index contributed by atoms with van der Waals surface area (Å²) < 4.78 is 9.10. The first-order valence-corrected chi connectivity index (χ1v) is 6.69. The van der Waals surface area contributed by atoms with Gasteiger partial charge >= 0.3 is 0 Å². The molecule has 0 spiro atoms. The first-order valence-electron chi connectivity index (χ1n) is 5.49. The second-order valence-electron chi connectivity index (χ2n) is 4.26. The van der Waals surface area contributed by atoms with Gasteiger partial charge in [0.25, 0.3) is 0 Å². The molecule has 0 radical (unpaired) electrons. The SMILES string of the molecule is COCC(C)Cn1c(=S)[nH]c2cc(Br)ccc21. The molecule has 0 aliphatic carbocycles. The highest BCUT2D eigenvalue weighted by Crippen LogP contribution is 2.20. The molecule has 2 aromatic rings. The number of benzene rings is 1. The molecule has 1 unspecified atom stereocenters. The number of nitrogens with zero attached hydrogens (tertiary/aromatic N) is 1. The van der Waals surface area contributed by atoms with E-state index in [9.17, 15) is 0 Å². The van der Waals surface area contributed by atoms with Gasteiger partial charge in [-0.1, -0.05) is 22.9 Å². The summed E-state index contributed by atoms with van der Waals surface area (Å²) in [5, 5.41) is 0. The maximum atomic E-state index is 5.35. The standard InChI is InChI=1S/C12H15BrN2OS/c1-8(7-16-2)6-15-11-4-3-9(13)5-10(11)14-12(15)17/h3-5,8H,6-7H2,1-2H3,(H,14,17). The number of hydrogen-bond donors (Lipinski definition) is 1. The number of imidazole rings is 1. The number of rotatable bonds is 4. The van der Waals surface area contributed by atoms with Gasteiger partial charge in [0.2, 0.25) is 0 Å². The second kappa shape index (κ2) is 5.33. The molecule has 0 aliphatic heterocycles. The minimum Gasteiger partial charge on any atom is -0.384 e. The summed E-state index contributed by atoms with van der Waals surface area (Å²) in [4.78, 5) is 3.22. The number of nitrogens with one attached hydrogen (secondary N) is 1. The summed E-state index contributed by atoms with van der Waals surface area (Å²) in [6.45, 7) is 3.77. The zero-order chi connectivity index (χ0) is 12.4. The van der Waals surface area contributed by atoms with Crippen molar-refractivity contribution >= 4 is 39.2 Å². The zero-order valence-electron chi connectivity index (χ0n) is 9.87. The zero-order valence-corrected chi connectivity index (χ0v) is 12.3. The number of fused-ring (bicyclic) bond motifs is 1. The second-order valence-corrected chi connectivity index (χ2v) is 5.57. The average Bonchev–Trinajstić information content (AvgIpc) is 2.55. The first kappa shape index (κ1) is 12.8. The molecule has 92 valence electrons. The summed E-state index contributed by atoms with van der Waals surface area (Å²) in [7, 11) is 1.72. The van der Waals surface area contributed by atoms with E-state index in [1.54, 1.807) is 7.11 Å². The monoisotopic (exact) mass is 314 g/mol. The first-order chi connectivity index (χ1) is 8.11. The van der Waals surface area contributed by atoms with Gasteiger partial charge in [0.05, 0.1) is 17.6 Å². The van der Waals surface area contributed by atoms with Gasteiger partial charge in [-0.2, -0.15) is 0 Å². The van der Waals surface area contributed by atoms with E-state index in [0.29, 0.717) is 5.92 Å². The van der Waals surface area contributed by atoms with Gasteiger partial charge in [-0.25, -0.2) is 0 Å². The Bertz CT molecular complexity index is 575. The fourth-order valence-corrected chi connectivity index (χ4v) is 2.61. The van der Waals surface area contributed by atoms with E-state index in [-0.39, 0.29) is 0 Å². The Morgan fingerprint density at radius 2 is 2.29 bits per heavy atom. The summed E-state index contributed by atoms with van der Waals surface area (Å²) in [5.74, 6) is 0.439. The third-order valence-electron chi connectivity index (χ3n) is 2.68. The van der Waals surface area contributed by atoms with Crippen LogP contribution in [0, 0.1) is 10.7 Å². The van der Waals surface area contributed by atoms with Crippen LogP contribution in [0.2, 0.25) is 0 Å². The number of methoxy groups -OCH3 is 1. The van der Waals surface area contributed by atoms with Gasteiger partial charge in [0, 0.05) is 18.1 Å². The molecule has 3 nitrogen and oxygen atoms in total. The predicted molar refractivity (Wildman–Crippen MR) is 75.9 cm³/mol. The molecule has 0 saturated heterocycles. The van der Waals surface area contributed by atoms with Crippen molar-refractivity contribution in [3.8, 4) is 0 Å². The van der Waals surface area contributed by atoms with Crippen molar-refractivity contribution in [2.24, 2.45) is 5.92 Å². The third-order valence-corrected chi connectivity index (χ3v) is 3.50. The number of ether oxygens (including phenoxy) is 1. The molecule has 2 rings (SSSR count). The van der Waals surface area contributed by atoms with E-state index in [0.717, 1.165) is 33.4 Å². The minimum absolute atomic E-state index is 0.439. The highest BCUT2D eigenvalue weighted by atomic mass is 79.9. The summed E-state index contributed by atoms with van der Waals surface area (Å²) in [6.07, 6.45) is 0. The van der Waals surface area contributed by atoms with Crippen LogP contribution in [0.5, 0.6) is 0 Å². The highest BCUT2D eigenvalue weighted by molar-refractivity contribution is 9.10. The quantitative estimate of drug-likeness (QED) is 0.871. The van der Waals surface area contributed by atoms with E-state index in [1.165, 1.54) is 0 Å². The van der Waals surface area contributed by atoms with Gasteiger partial charge in [0.15, 0.2) is 4.77 Å². The van der Waals surface area contributed by atoms with E-state index >= 15 is 0 Å². The van der Waals surface area contributed by atoms with Gasteiger partial charge in [-0.05, 0) is 36.3 Å². The summed E-state index contributed by atoms with van der Waals surface area (Å²) >= 11 is 8.81. The lowest BCUT2D eigenvalue weighted by Gasteiger charge is -2.11. The Hall–Kier alpha value is -0.650. The molecule has 1 N–H and O–H groups in total. The molecular weight excluding hydrogens is 300 g/mol. The van der Waals surface area contributed by atoms with Crippen LogP contribution >= 0.6 is 28.1 Å². The Morgan fingerprint density at radius 1 is 1.53 bits per heavy atom. The molecule has 1 aromatic carbocycles. The number of H-pyrrole nitrogens is 1. The molecule has 1 heterocycles. The summed E-state index contributed by atoms with van der Waals surface area (Å²) in [5.41, 5.74) is 2.20. The maximum absolute atomic E-state index is 5.35. The lowest BCUT2D eigenvalue weighted by atomic mass is 10.2. The van der Waals surface area contributed by atoms with Gasteiger partial charge in [0.1, 0.15) is 0 Å². The highest BCUT2D eigenvalue weighted by Gasteiger charge is 2.08. The van der Waals surface area contributed by atoms with Crippen LogP contribution in [0.3, 0.4) is 0 Å². The molecule has 0 fully saturated rings. The fraction of sp³-hybridized carbons (Fsp3) is 0.417. The van der Waals surface area contributed by atoms with Gasteiger partial charge in [-0.15, -0.1) is 0 Å². The largest absolute Gasteiger partial charge is 0.384 e. The minimum atomic E-state index is 0.439. The van der Waals surface area contributed by atoms with Crippen LogP contribution in [-0.4, -0.2) is 23.3 Å². The fourth-order valence-electron chi connectivity index (χ4n) is 1.97. The lowest BCUT2D eigenvalue weighted by molar-refractivity contribution is 0.152.